The molecule has 170 valence electrons. The van der Waals surface area contributed by atoms with Gasteiger partial charge in [0.15, 0.2) is 0 Å². The Morgan fingerprint density at radius 2 is 0.969 bits per heavy atom. The number of hydrogen-bond donors (Lipinski definition) is 1. The van der Waals surface area contributed by atoms with Crippen LogP contribution in [0.1, 0.15) is 75.8 Å². The molecular formula is C31H41N. The molecule has 3 aromatic rings. The van der Waals surface area contributed by atoms with Crippen LogP contribution in [-0.4, -0.2) is 5.54 Å². The Labute approximate surface area is 196 Å². The highest BCUT2D eigenvalue weighted by Gasteiger charge is 2.30. The summed E-state index contributed by atoms with van der Waals surface area (Å²) in [4.78, 5) is 0. The first-order valence-electron chi connectivity index (χ1n) is 12.7. The maximum atomic E-state index is 4.01. The van der Waals surface area contributed by atoms with Crippen LogP contribution in [0, 0.1) is 0 Å². The molecule has 0 aliphatic carbocycles. The van der Waals surface area contributed by atoms with Crippen LogP contribution in [0.15, 0.2) is 91.0 Å². The molecule has 0 saturated carbocycles. The van der Waals surface area contributed by atoms with Gasteiger partial charge in [0, 0.05) is 11.2 Å². The van der Waals surface area contributed by atoms with Crippen LogP contribution in [0.4, 0.5) is 5.69 Å². The zero-order chi connectivity index (χ0) is 22.3. The number of unbranched alkanes of at least 4 members (excludes halogenated alkanes) is 7. The molecule has 3 rings (SSSR count). The summed E-state index contributed by atoms with van der Waals surface area (Å²) >= 11 is 0. The van der Waals surface area contributed by atoms with Crippen LogP contribution >= 0.6 is 0 Å². The average Bonchev–Trinajstić information content (AvgIpc) is 2.83. The molecule has 0 aliphatic rings. The fourth-order valence-electron chi connectivity index (χ4n) is 4.79. The normalized spacial score (nSPS) is 11.4. The standard InChI is InChI=1S/C31H41N/c1-2-3-4-5-6-7-8-18-25-31(26-28-19-12-9-13-20-28,27-29-21-14-10-15-22-29)32-30-23-16-11-17-24-30/h9-17,19-24,32H,2-8,18,25-27H2,1H3. The minimum absolute atomic E-state index is 0.00622. The van der Waals surface area contributed by atoms with Crippen molar-refractivity contribution in [1.82, 2.24) is 0 Å². The maximum absolute atomic E-state index is 4.01. The van der Waals surface area contributed by atoms with Crippen molar-refractivity contribution in [2.24, 2.45) is 0 Å². The third-order valence-corrected chi connectivity index (χ3v) is 6.46. The van der Waals surface area contributed by atoms with Crippen molar-refractivity contribution in [1.29, 1.82) is 0 Å². The van der Waals surface area contributed by atoms with E-state index in [9.17, 15) is 0 Å². The topological polar surface area (TPSA) is 12.0 Å². The summed E-state index contributed by atoms with van der Waals surface area (Å²) in [6, 6.07) is 32.8. The van der Waals surface area contributed by atoms with Gasteiger partial charge in [-0.25, -0.2) is 0 Å². The van der Waals surface area contributed by atoms with E-state index in [1.807, 2.05) is 0 Å². The van der Waals surface area contributed by atoms with Gasteiger partial charge in [-0.05, 0) is 42.5 Å². The van der Waals surface area contributed by atoms with Gasteiger partial charge in [0.25, 0.3) is 0 Å². The molecule has 0 bridgehead atoms. The van der Waals surface area contributed by atoms with Gasteiger partial charge in [-0.2, -0.15) is 0 Å². The molecule has 0 spiro atoms. The largest absolute Gasteiger partial charge is 0.379 e. The van der Waals surface area contributed by atoms with Crippen molar-refractivity contribution in [3.63, 3.8) is 0 Å². The quantitative estimate of drug-likeness (QED) is 0.239. The van der Waals surface area contributed by atoms with Crippen LogP contribution in [-0.2, 0) is 12.8 Å². The Morgan fingerprint density at radius 3 is 1.47 bits per heavy atom. The summed E-state index contributed by atoms with van der Waals surface area (Å²) in [7, 11) is 0. The molecule has 0 heterocycles. The third-order valence-electron chi connectivity index (χ3n) is 6.46. The van der Waals surface area contributed by atoms with Crippen LogP contribution in [0.5, 0.6) is 0 Å². The van der Waals surface area contributed by atoms with Gasteiger partial charge in [0.2, 0.25) is 0 Å². The first kappa shape index (κ1) is 24.1. The van der Waals surface area contributed by atoms with Gasteiger partial charge in [0.1, 0.15) is 0 Å². The van der Waals surface area contributed by atoms with E-state index in [4.69, 9.17) is 0 Å². The number of hydrogen-bond acceptors (Lipinski definition) is 1. The second kappa shape index (κ2) is 13.8. The first-order chi connectivity index (χ1) is 15.8. The van der Waals surface area contributed by atoms with E-state index in [2.05, 4.69) is 103 Å². The Bertz CT molecular complexity index is 740. The molecule has 0 fully saturated rings. The van der Waals surface area contributed by atoms with Crippen molar-refractivity contribution in [2.45, 2.75) is 83.1 Å². The molecule has 3 aromatic carbocycles. The molecule has 1 heteroatoms. The lowest BCUT2D eigenvalue weighted by molar-refractivity contribution is 0.400. The minimum atomic E-state index is 0.00622. The van der Waals surface area contributed by atoms with Gasteiger partial charge in [-0.1, -0.05) is 137 Å². The minimum Gasteiger partial charge on any atom is -0.379 e. The van der Waals surface area contributed by atoms with Crippen LogP contribution in [0.3, 0.4) is 0 Å². The van der Waals surface area contributed by atoms with E-state index >= 15 is 0 Å². The van der Waals surface area contributed by atoms with Gasteiger partial charge < -0.3 is 5.32 Å². The van der Waals surface area contributed by atoms with E-state index in [1.165, 1.54) is 74.6 Å². The number of anilines is 1. The van der Waals surface area contributed by atoms with E-state index in [0.29, 0.717) is 0 Å². The van der Waals surface area contributed by atoms with E-state index in [-0.39, 0.29) is 5.54 Å². The maximum Gasteiger partial charge on any atom is 0.0454 e. The fraction of sp³-hybridized carbons (Fsp3) is 0.419. The summed E-state index contributed by atoms with van der Waals surface area (Å²) < 4.78 is 0. The first-order valence-corrected chi connectivity index (χ1v) is 12.7. The van der Waals surface area contributed by atoms with E-state index < -0.39 is 0 Å². The van der Waals surface area contributed by atoms with Crippen LogP contribution in [0.25, 0.3) is 0 Å². The Morgan fingerprint density at radius 1 is 0.531 bits per heavy atom. The van der Waals surface area contributed by atoms with Crippen molar-refractivity contribution in [2.75, 3.05) is 5.32 Å². The van der Waals surface area contributed by atoms with Crippen molar-refractivity contribution in [3.8, 4) is 0 Å². The zero-order valence-electron chi connectivity index (χ0n) is 19.9. The van der Waals surface area contributed by atoms with Crippen LogP contribution in [0.2, 0.25) is 0 Å². The molecular weight excluding hydrogens is 386 g/mol. The lowest BCUT2D eigenvalue weighted by Gasteiger charge is -2.37. The second-order valence-electron chi connectivity index (χ2n) is 9.32. The Kier molecular flexibility index (Phi) is 10.4. The predicted molar refractivity (Wildman–Crippen MR) is 140 cm³/mol. The Balaban J connectivity index is 1.74. The molecule has 0 atom stereocenters. The lowest BCUT2D eigenvalue weighted by atomic mass is 9.80. The summed E-state index contributed by atoms with van der Waals surface area (Å²) in [5, 5.41) is 4.01. The summed E-state index contributed by atoms with van der Waals surface area (Å²) in [5.41, 5.74) is 4.04. The third kappa shape index (κ3) is 8.54. The van der Waals surface area contributed by atoms with Gasteiger partial charge in [-0.15, -0.1) is 0 Å². The van der Waals surface area contributed by atoms with Crippen molar-refractivity contribution in [3.05, 3.63) is 102 Å². The summed E-state index contributed by atoms with van der Waals surface area (Å²) in [6.45, 7) is 2.29. The van der Waals surface area contributed by atoms with Crippen LogP contribution < -0.4 is 5.32 Å². The molecule has 0 radical (unpaired) electrons. The number of para-hydroxylation sites is 1. The summed E-state index contributed by atoms with van der Waals surface area (Å²) in [6.07, 6.45) is 14.1. The molecule has 1 nitrogen and oxygen atoms in total. The molecule has 0 unspecified atom stereocenters. The zero-order valence-corrected chi connectivity index (χ0v) is 19.9. The van der Waals surface area contributed by atoms with Gasteiger partial charge >= 0.3 is 0 Å². The fourth-order valence-corrected chi connectivity index (χ4v) is 4.79. The highest BCUT2D eigenvalue weighted by molar-refractivity contribution is 5.46. The monoisotopic (exact) mass is 427 g/mol. The SMILES string of the molecule is CCCCCCCCCCC(Cc1ccccc1)(Cc1ccccc1)Nc1ccccc1. The predicted octanol–water partition coefficient (Wildman–Crippen LogP) is 8.85. The molecule has 0 saturated heterocycles. The highest BCUT2D eigenvalue weighted by atomic mass is 15.0. The van der Waals surface area contributed by atoms with E-state index in [0.717, 1.165) is 12.8 Å². The number of rotatable bonds is 15. The molecule has 0 aliphatic heterocycles. The highest BCUT2D eigenvalue weighted by Crippen LogP contribution is 2.30. The van der Waals surface area contributed by atoms with E-state index in [1.54, 1.807) is 0 Å². The summed E-state index contributed by atoms with van der Waals surface area (Å²) in [5.74, 6) is 0. The van der Waals surface area contributed by atoms with Crippen molar-refractivity contribution >= 4 is 5.69 Å². The molecule has 0 aromatic heterocycles. The lowest BCUT2D eigenvalue weighted by Crippen LogP contribution is -2.43. The Hall–Kier alpha value is -2.54. The smallest absolute Gasteiger partial charge is 0.0454 e. The number of benzene rings is 3. The number of nitrogens with one attached hydrogen (secondary N) is 1. The van der Waals surface area contributed by atoms with Crippen molar-refractivity contribution < 1.29 is 0 Å². The molecule has 0 amide bonds. The average molecular weight is 428 g/mol. The molecule has 32 heavy (non-hydrogen) atoms. The second-order valence-corrected chi connectivity index (χ2v) is 9.32. The van der Waals surface area contributed by atoms with Gasteiger partial charge in [-0.3, -0.25) is 0 Å². The van der Waals surface area contributed by atoms with Gasteiger partial charge in [0.05, 0.1) is 0 Å². The molecule has 1 N–H and O–H groups in total.